The van der Waals surface area contributed by atoms with Gasteiger partial charge in [-0.05, 0) is 42.5 Å². The summed E-state index contributed by atoms with van der Waals surface area (Å²) in [5.41, 5.74) is 1.66. The van der Waals surface area contributed by atoms with Crippen LogP contribution < -0.4 is 14.8 Å². The van der Waals surface area contributed by atoms with Crippen molar-refractivity contribution in [1.82, 2.24) is 15.0 Å². The maximum Gasteiger partial charge on any atom is 0.319 e. The van der Waals surface area contributed by atoms with Crippen LogP contribution in [0.5, 0.6) is 17.6 Å². The fourth-order valence-electron chi connectivity index (χ4n) is 2.70. The normalized spacial score (nSPS) is 10.7. The highest BCUT2D eigenvalue weighted by molar-refractivity contribution is 5.91. The van der Waals surface area contributed by atoms with Crippen LogP contribution in [-0.4, -0.2) is 35.3 Å². The Kier molecular flexibility index (Phi) is 5.78. The smallest absolute Gasteiger partial charge is 0.319 e. The summed E-state index contributed by atoms with van der Waals surface area (Å²) in [5.74, 6) is 1.92. The average Bonchev–Trinajstić information content (AvgIpc) is 2.76. The third-order valence-corrected chi connectivity index (χ3v) is 4.08. The van der Waals surface area contributed by atoms with Crippen molar-refractivity contribution in [1.29, 1.82) is 0 Å². The number of aromatic nitrogens is 3. The number of nitrogens with zero attached hydrogens (tertiary/aromatic N) is 3. The molecule has 0 aliphatic rings. The van der Waals surface area contributed by atoms with Crippen LogP contribution in [0.4, 0.5) is 11.5 Å². The maximum atomic E-state index is 5.73. The third-order valence-electron chi connectivity index (χ3n) is 4.08. The van der Waals surface area contributed by atoms with Gasteiger partial charge in [0.15, 0.2) is 0 Å². The van der Waals surface area contributed by atoms with E-state index in [1.54, 1.807) is 13.3 Å². The molecule has 0 aliphatic heterocycles. The van der Waals surface area contributed by atoms with Gasteiger partial charge in [-0.1, -0.05) is 18.2 Å². The molecule has 4 aromatic rings. The number of benzene rings is 2. The molecule has 0 aliphatic carbocycles. The number of fused-ring (bicyclic) bond motifs is 1. The summed E-state index contributed by atoms with van der Waals surface area (Å²) in [6.07, 6.45) is 1.69. The number of rotatable bonds is 8. The first kappa shape index (κ1) is 18.6. The number of methoxy groups -OCH3 is 1. The van der Waals surface area contributed by atoms with Crippen LogP contribution in [-0.2, 0) is 4.74 Å². The molecule has 0 saturated carbocycles. The first-order valence-corrected chi connectivity index (χ1v) is 9.16. The first-order chi connectivity index (χ1) is 14.3. The van der Waals surface area contributed by atoms with Gasteiger partial charge in [0.05, 0.1) is 12.1 Å². The third kappa shape index (κ3) is 4.77. The van der Waals surface area contributed by atoms with Crippen LogP contribution in [0.3, 0.4) is 0 Å². The van der Waals surface area contributed by atoms with Gasteiger partial charge in [-0.2, -0.15) is 9.97 Å². The van der Waals surface area contributed by atoms with Crippen molar-refractivity contribution in [2.45, 2.75) is 0 Å². The summed E-state index contributed by atoms with van der Waals surface area (Å²) in [5, 5.41) is 4.24. The monoisotopic (exact) mass is 388 g/mol. The van der Waals surface area contributed by atoms with Crippen molar-refractivity contribution in [2.75, 3.05) is 25.6 Å². The summed E-state index contributed by atoms with van der Waals surface area (Å²) >= 11 is 0. The molecule has 0 bridgehead atoms. The Balaban J connectivity index is 1.54. The van der Waals surface area contributed by atoms with Gasteiger partial charge in [0.2, 0.25) is 5.88 Å². The largest absolute Gasteiger partial charge is 0.461 e. The molecule has 0 fully saturated rings. The predicted molar refractivity (Wildman–Crippen MR) is 111 cm³/mol. The molecule has 7 nitrogen and oxygen atoms in total. The molecule has 2 heterocycles. The second-order valence-electron chi connectivity index (χ2n) is 6.13. The van der Waals surface area contributed by atoms with Crippen molar-refractivity contribution in [3.63, 3.8) is 0 Å². The summed E-state index contributed by atoms with van der Waals surface area (Å²) in [6.45, 7) is 0.852. The van der Waals surface area contributed by atoms with Crippen LogP contribution in [0.25, 0.3) is 10.9 Å². The van der Waals surface area contributed by atoms with E-state index in [2.05, 4.69) is 20.3 Å². The Labute approximate surface area is 168 Å². The van der Waals surface area contributed by atoms with Crippen molar-refractivity contribution in [3.8, 4) is 17.6 Å². The van der Waals surface area contributed by atoms with E-state index >= 15 is 0 Å². The quantitative estimate of drug-likeness (QED) is 0.442. The number of anilines is 2. The molecule has 0 spiro atoms. The van der Waals surface area contributed by atoms with Gasteiger partial charge in [0.1, 0.15) is 18.2 Å². The van der Waals surface area contributed by atoms with Gasteiger partial charge in [0.25, 0.3) is 0 Å². The number of ether oxygens (including phenoxy) is 3. The van der Waals surface area contributed by atoms with Crippen LogP contribution in [0, 0.1) is 0 Å². The molecular weight excluding hydrogens is 368 g/mol. The zero-order valence-corrected chi connectivity index (χ0v) is 15.9. The van der Waals surface area contributed by atoms with Gasteiger partial charge in [-0.3, -0.25) is 0 Å². The Morgan fingerprint density at radius 3 is 2.48 bits per heavy atom. The lowest BCUT2D eigenvalue weighted by Crippen LogP contribution is -2.08. The second kappa shape index (κ2) is 8.99. The molecule has 29 heavy (non-hydrogen) atoms. The number of pyridine rings is 1. The molecule has 7 heteroatoms. The summed E-state index contributed by atoms with van der Waals surface area (Å²) in [4.78, 5) is 13.1. The highest BCUT2D eigenvalue weighted by atomic mass is 16.5. The Bertz CT molecular complexity index is 1070. The SMILES string of the molecule is COCCOc1nc(Nc2ccc(Oc3ccccn3)cc2)c2ccccc2n1. The van der Waals surface area contributed by atoms with E-state index < -0.39 is 0 Å². The average molecular weight is 388 g/mol. The van der Waals surface area contributed by atoms with Gasteiger partial charge in [0, 0.05) is 30.4 Å². The fourth-order valence-corrected chi connectivity index (χ4v) is 2.70. The zero-order valence-electron chi connectivity index (χ0n) is 15.9. The number of hydrogen-bond donors (Lipinski definition) is 1. The van der Waals surface area contributed by atoms with Crippen molar-refractivity contribution >= 4 is 22.4 Å². The molecule has 0 radical (unpaired) electrons. The minimum Gasteiger partial charge on any atom is -0.461 e. The van der Waals surface area contributed by atoms with E-state index in [-0.39, 0.29) is 0 Å². The number of hydrogen-bond acceptors (Lipinski definition) is 7. The first-order valence-electron chi connectivity index (χ1n) is 9.16. The van der Waals surface area contributed by atoms with Crippen LogP contribution in [0.2, 0.25) is 0 Å². The van der Waals surface area contributed by atoms with E-state index in [9.17, 15) is 0 Å². The summed E-state index contributed by atoms with van der Waals surface area (Å²) in [7, 11) is 1.62. The molecule has 1 N–H and O–H groups in total. The van der Waals surface area contributed by atoms with E-state index in [0.717, 1.165) is 16.6 Å². The minimum absolute atomic E-state index is 0.304. The van der Waals surface area contributed by atoms with Gasteiger partial charge >= 0.3 is 6.01 Å². The molecule has 0 unspecified atom stereocenters. The summed E-state index contributed by atoms with van der Waals surface area (Å²) < 4.78 is 16.4. The molecular formula is C22H20N4O3. The molecule has 4 rings (SSSR count). The van der Waals surface area contributed by atoms with E-state index in [0.29, 0.717) is 36.7 Å². The number of para-hydroxylation sites is 1. The summed E-state index contributed by atoms with van der Waals surface area (Å²) in [6, 6.07) is 21.2. The maximum absolute atomic E-state index is 5.73. The highest BCUT2D eigenvalue weighted by Gasteiger charge is 2.09. The minimum atomic E-state index is 0.304. The fraction of sp³-hybridized carbons (Fsp3) is 0.136. The van der Waals surface area contributed by atoms with Crippen LogP contribution in [0.15, 0.2) is 72.9 Å². The molecule has 2 aromatic carbocycles. The molecule has 0 saturated heterocycles. The van der Waals surface area contributed by atoms with E-state index in [1.165, 1.54) is 0 Å². The lowest BCUT2D eigenvalue weighted by Gasteiger charge is -2.12. The van der Waals surface area contributed by atoms with Crippen molar-refractivity contribution < 1.29 is 14.2 Å². The number of nitrogens with one attached hydrogen (secondary N) is 1. The Morgan fingerprint density at radius 2 is 1.69 bits per heavy atom. The molecule has 146 valence electrons. The Morgan fingerprint density at radius 1 is 0.862 bits per heavy atom. The highest BCUT2D eigenvalue weighted by Crippen LogP contribution is 2.27. The lowest BCUT2D eigenvalue weighted by atomic mass is 10.2. The van der Waals surface area contributed by atoms with Crippen molar-refractivity contribution in [3.05, 3.63) is 72.9 Å². The lowest BCUT2D eigenvalue weighted by molar-refractivity contribution is 0.141. The van der Waals surface area contributed by atoms with Crippen molar-refractivity contribution in [2.24, 2.45) is 0 Å². The van der Waals surface area contributed by atoms with Crippen LogP contribution >= 0.6 is 0 Å². The molecule has 0 amide bonds. The molecule has 0 atom stereocenters. The standard InChI is InChI=1S/C22H20N4O3/c1-27-14-15-28-22-25-19-7-3-2-6-18(19)21(26-22)24-16-9-11-17(12-10-16)29-20-8-4-5-13-23-20/h2-13H,14-15H2,1H3,(H,24,25,26). The van der Waals surface area contributed by atoms with Gasteiger partial charge < -0.3 is 19.5 Å². The Hall–Kier alpha value is -3.71. The van der Waals surface area contributed by atoms with Gasteiger partial charge in [-0.25, -0.2) is 4.98 Å². The topological polar surface area (TPSA) is 78.4 Å². The molecule has 2 aromatic heterocycles. The van der Waals surface area contributed by atoms with Crippen LogP contribution in [0.1, 0.15) is 0 Å². The zero-order chi connectivity index (χ0) is 19.9. The predicted octanol–water partition coefficient (Wildman–Crippen LogP) is 4.59. The van der Waals surface area contributed by atoms with E-state index in [4.69, 9.17) is 14.2 Å². The van der Waals surface area contributed by atoms with Gasteiger partial charge in [-0.15, -0.1) is 0 Å². The van der Waals surface area contributed by atoms with E-state index in [1.807, 2.05) is 66.7 Å². The second-order valence-corrected chi connectivity index (χ2v) is 6.13.